The lowest BCUT2D eigenvalue weighted by Crippen LogP contribution is -2.13. The zero-order valence-corrected chi connectivity index (χ0v) is 8.70. The summed E-state index contributed by atoms with van der Waals surface area (Å²) in [6, 6.07) is 4.98. The number of benzene rings is 1. The Kier molecular flexibility index (Phi) is 2.37. The van der Waals surface area contributed by atoms with E-state index >= 15 is 0 Å². The molecule has 0 bridgehead atoms. The normalized spacial score (nSPS) is 11.0. The molecule has 4 heteroatoms. The molecule has 2 aromatic rings. The summed E-state index contributed by atoms with van der Waals surface area (Å²) in [5.41, 5.74) is 0.573. The fraction of sp³-hybridized carbons (Fsp3) is 0.300. The maximum atomic E-state index is 13.5. The summed E-state index contributed by atoms with van der Waals surface area (Å²) in [7, 11) is 0. The molecule has 0 radical (unpaired) electrons. The Morgan fingerprint density at radius 1 is 1.50 bits per heavy atom. The van der Waals surface area contributed by atoms with Crippen LogP contribution in [0.3, 0.4) is 0 Å². The molecular formula is C10H11FN2S. The molecule has 1 N–H and O–H groups in total. The van der Waals surface area contributed by atoms with Crippen molar-refractivity contribution in [3.8, 4) is 0 Å². The molecular weight excluding hydrogens is 199 g/mol. The predicted molar refractivity (Wildman–Crippen MR) is 55.9 cm³/mol. The van der Waals surface area contributed by atoms with Crippen LogP contribution in [0.15, 0.2) is 18.2 Å². The topological polar surface area (TPSA) is 28.8 Å². The third-order valence-corrected chi connectivity index (χ3v) is 3.08. The number of hydrogen-bond donors (Lipinski definition) is 1. The molecule has 0 aliphatic carbocycles. The van der Waals surface area contributed by atoms with E-state index in [2.05, 4.69) is 0 Å². The highest BCUT2D eigenvalue weighted by Gasteiger charge is 2.08. The lowest BCUT2D eigenvalue weighted by molar-refractivity contribution is 0.611. The first-order chi connectivity index (χ1) is 6.74. The second-order valence-corrected chi connectivity index (χ2v) is 4.18. The molecule has 0 aliphatic heterocycles. The van der Waals surface area contributed by atoms with Crippen molar-refractivity contribution in [1.29, 1.82) is 5.41 Å². The molecule has 1 aromatic carbocycles. The highest BCUT2D eigenvalue weighted by Crippen LogP contribution is 2.20. The monoisotopic (exact) mass is 210 g/mol. The fourth-order valence-electron chi connectivity index (χ4n) is 1.54. The van der Waals surface area contributed by atoms with Gasteiger partial charge in [-0.25, -0.2) is 4.39 Å². The van der Waals surface area contributed by atoms with Crippen molar-refractivity contribution >= 4 is 21.6 Å². The van der Waals surface area contributed by atoms with Crippen molar-refractivity contribution in [2.24, 2.45) is 0 Å². The highest BCUT2D eigenvalue weighted by molar-refractivity contribution is 7.16. The zero-order valence-electron chi connectivity index (χ0n) is 7.88. The molecule has 2 rings (SSSR count). The molecule has 1 aromatic heterocycles. The van der Waals surface area contributed by atoms with Gasteiger partial charge in [0.2, 0.25) is 0 Å². The number of nitrogens with zero attached hydrogens (tertiary/aromatic N) is 1. The Balaban J connectivity index is 2.79. The smallest absolute Gasteiger partial charge is 0.182 e. The standard InChI is InChI=1S/C10H11FN2S/c1-2-6-13-9-7(11)4-3-5-8(9)14-10(13)12/h3-5,12H,2,6H2,1H3. The molecule has 0 fully saturated rings. The minimum absolute atomic E-state index is 0.231. The van der Waals surface area contributed by atoms with Gasteiger partial charge in [0, 0.05) is 6.54 Å². The SMILES string of the molecule is CCCn1c(=N)sc2cccc(F)c21. The number of aromatic nitrogens is 1. The van der Waals surface area contributed by atoms with Crippen molar-refractivity contribution in [1.82, 2.24) is 4.57 Å². The lowest BCUT2D eigenvalue weighted by atomic mass is 10.3. The van der Waals surface area contributed by atoms with Gasteiger partial charge in [-0.2, -0.15) is 0 Å². The Morgan fingerprint density at radius 2 is 2.29 bits per heavy atom. The molecule has 0 amide bonds. The average Bonchev–Trinajstić information content (AvgIpc) is 2.45. The minimum atomic E-state index is -0.231. The molecule has 74 valence electrons. The van der Waals surface area contributed by atoms with Gasteiger partial charge in [-0.3, -0.25) is 5.41 Å². The third kappa shape index (κ3) is 1.35. The summed E-state index contributed by atoms with van der Waals surface area (Å²) in [5, 5.41) is 7.71. The van der Waals surface area contributed by atoms with Gasteiger partial charge in [0.25, 0.3) is 0 Å². The van der Waals surface area contributed by atoms with Crippen molar-refractivity contribution in [2.75, 3.05) is 0 Å². The van der Waals surface area contributed by atoms with Crippen molar-refractivity contribution in [3.05, 3.63) is 28.8 Å². The molecule has 14 heavy (non-hydrogen) atoms. The van der Waals surface area contributed by atoms with Crippen LogP contribution < -0.4 is 4.80 Å². The number of aryl methyl sites for hydroxylation is 1. The summed E-state index contributed by atoms with van der Waals surface area (Å²) >= 11 is 1.32. The Labute approximate surface area is 85.1 Å². The molecule has 0 saturated heterocycles. The number of fused-ring (bicyclic) bond motifs is 1. The molecule has 0 saturated carbocycles. The lowest BCUT2D eigenvalue weighted by Gasteiger charge is -2.01. The van der Waals surface area contributed by atoms with E-state index in [9.17, 15) is 4.39 Å². The van der Waals surface area contributed by atoms with Crippen molar-refractivity contribution in [2.45, 2.75) is 19.9 Å². The Hall–Kier alpha value is -1.16. The summed E-state index contributed by atoms with van der Waals surface area (Å²) in [4.78, 5) is 0.423. The molecule has 1 heterocycles. The number of rotatable bonds is 2. The molecule has 0 atom stereocenters. The van der Waals surface area contributed by atoms with Crippen molar-refractivity contribution < 1.29 is 4.39 Å². The van der Waals surface area contributed by atoms with Gasteiger partial charge in [0.05, 0.1) is 10.2 Å². The predicted octanol–water partition coefficient (Wildman–Crippen LogP) is 2.73. The quantitative estimate of drug-likeness (QED) is 0.789. The van der Waals surface area contributed by atoms with E-state index < -0.39 is 0 Å². The van der Waals surface area contributed by atoms with Crippen LogP contribution in [0.4, 0.5) is 4.39 Å². The second kappa shape index (κ2) is 3.53. The van der Waals surface area contributed by atoms with E-state index in [0.29, 0.717) is 16.9 Å². The summed E-state index contributed by atoms with van der Waals surface area (Å²) < 4.78 is 16.1. The first-order valence-corrected chi connectivity index (χ1v) is 5.38. The van der Waals surface area contributed by atoms with E-state index in [4.69, 9.17) is 5.41 Å². The van der Waals surface area contributed by atoms with Gasteiger partial charge in [0.15, 0.2) is 4.80 Å². The largest absolute Gasteiger partial charge is 0.314 e. The van der Waals surface area contributed by atoms with Crippen LogP contribution in [0.1, 0.15) is 13.3 Å². The third-order valence-electron chi connectivity index (χ3n) is 2.12. The summed E-state index contributed by atoms with van der Waals surface area (Å²) in [5.74, 6) is -0.231. The van der Waals surface area contributed by atoms with Crippen LogP contribution in [-0.4, -0.2) is 4.57 Å². The molecule has 0 aliphatic rings. The summed E-state index contributed by atoms with van der Waals surface area (Å²) in [6.45, 7) is 2.73. The maximum absolute atomic E-state index is 13.5. The molecule has 0 unspecified atom stereocenters. The minimum Gasteiger partial charge on any atom is -0.314 e. The first kappa shape index (κ1) is 9.40. The van der Waals surface area contributed by atoms with E-state index in [1.807, 2.05) is 13.0 Å². The zero-order chi connectivity index (χ0) is 10.1. The maximum Gasteiger partial charge on any atom is 0.182 e. The highest BCUT2D eigenvalue weighted by atomic mass is 32.1. The molecule has 2 nitrogen and oxygen atoms in total. The van der Waals surface area contributed by atoms with Gasteiger partial charge < -0.3 is 4.57 Å². The number of halogens is 1. The second-order valence-electron chi connectivity index (χ2n) is 3.15. The number of thiazole rings is 1. The van der Waals surface area contributed by atoms with Gasteiger partial charge in [-0.15, -0.1) is 0 Å². The van der Waals surface area contributed by atoms with E-state index in [-0.39, 0.29) is 5.82 Å². The Morgan fingerprint density at radius 3 is 3.00 bits per heavy atom. The van der Waals surface area contributed by atoms with Gasteiger partial charge in [-0.05, 0) is 18.6 Å². The van der Waals surface area contributed by atoms with E-state index in [0.717, 1.165) is 11.1 Å². The van der Waals surface area contributed by atoms with Crippen LogP contribution in [-0.2, 0) is 6.54 Å². The van der Waals surface area contributed by atoms with Gasteiger partial charge >= 0.3 is 0 Å². The van der Waals surface area contributed by atoms with E-state index in [1.165, 1.54) is 17.4 Å². The van der Waals surface area contributed by atoms with Gasteiger partial charge in [0.1, 0.15) is 5.82 Å². The summed E-state index contributed by atoms with van der Waals surface area (Å²) in [6.07, 6.45) is 0.913. The van der Waals surface area contributed by atoms with Crippen LogP contribution in [0, 0.1) is 11.2 Å². The number of hydrogen-bond acceptors (Lipinski definition) is 2. The van der Waals surface area contributed by atoms with E-state index in [1.54, 1.807) is 10.6 Å². The van der Waals surface area contributed by atoms with Crippen LogP contribution in [0.5, 0.6) is 0 Å². The average molecular weight is 210 g/mol. The van der Waals surface area contributed by atoms with Crippen LogP contribution in [0.25, 0.3) is 10.2 Å². The van der Waals surface area contributed by atoms with Crippen LogP contribution in [0.2, 0.25) is 0 Å². The number of para-hydroxylation sites is 1. The number of nitrogens with one attached hydrogen (secondary N) is 1. The first-order valence-electron chi connectivity index (χ1n) is 4.56. The Bertz CT molecular complexity index is 512. The van der Waals surface area contributed by atoms with Crippen molar-refractivity contribution in [3.63, 3.8) is 0 Å². The fourth-order valence-corrected chi connectivity index (χ4v) is 2.49. The van der Waals surface area contributed by atoms with Gasteiger partial charge in [-0.1, -0.05) is 24.3 Å². The molecule has 0 spiro atoms. The van der Waals surface area contributed by atoms with Crippen LogP contribution >= 0.6 is 11.3 Å².